The zero-order chi connectivity index (χ0) is 21.2. The first kappa shape index (κ1) is 21.7. The van der Waals surface area contributed by atoms with Crippen LogP contribution in [0.15, 0.2) is 65.8 Å². The molecule has 1 aliphatic rings. The zero-order valence-electron chi connectivity index (χ0n) is 17.6. The molecular weight excluding hydrogens is 376 g/mol. The van der Waals surface area contributed by atoms with Gasteiger partial charge >= 0.3 is 0 Å². The summed E-state index contributed by atoms with van der Waals surface area (Å²) >= 11 is 0. The molecule has 0 atom stereocenters. The highest BCUT2D eigenvalue weighted by atomic mass is 16.2. The lowest BCUT2D eigenvalue weighted by Gasteiger charge is -2.16. The normalized spacial score (nSPS) is 13.4. The number of hydrogen-bond acceptors (Lipinski definition) is 4. The van der Waals surface area contributed by atoms with Crippen LogP contribution in [-0.2, 0) is 16.1 Å². The van der Waals surface area contributed by atoms with E-state index in [0.717, 1.165) is 37.2 Å². The minimum absolute atomic E-state index is 0.0829. The summed E-state index contributed by atoms with van der Waals surface area (Å²) in [5, 5.41) is 8.83. The molecule has 6 nitrogen and oxygen atoms in total. The van der Waals surface area contributed by atoms with Crippen LogP contribution in [0, 0.1) is 0 Å². The second kappa shape index (κ2) is 11.3. The van der Waals surface area contributed by atoms with Crippen LogP contribution < -0.4 is 5.32 Å². The monoisotopic (exact) mass is 406 g/mol. The van der Waals surface area contributed by atoms with Gasteiger partial charge in [-0.25, -0.2) is 5.01 Å². The Bertz CT molecular complexity index is 852. The number of rotatable bonds is 10. The highest BCUT2D eigenvalue weighted by molar-refractivity contribution is 6.02. The average Bonchev–Trinajstić information content (AvgIpc) is 3.27. The summed E-state index contributed by atoms with van der Waals surface area (Å²) in [4.78, 5) is 26.6. The molecule has 1 N–H and O–H groups in total. The molecule has 1 aliphatic heterocycles. The first-order chi connectivity index (χ1) is 14.6. The van der Waals surface area contributed by atoms with Crippen molar-refractivity contribution in [3.05, 3.63) is 71.8 Å². The molecule has 0 saturated carbocycles. The third-order valence-electron chi connectivity index (χ3n) is 5.10. The molecule has 6 heteroatoms. The van der Waals surface area contributed by atoms with Crippen molar-refractivity contribution < 1.29 is 9.59 Å². The Balaban J connectivity index is 1.30. The number of carbonyl (C=O) groups excluding carboxylic acids is 2. The van der Waals surface area contributed by atoms with Crippen molar-refractivity contribution in [2.75, 3.05) is 26.7 Å². The molecular formula is C24H30N4O2. The van der Waals surface area contributed by atoms with E-state index in [1.807, 2.05) is 48.5 Å². The minimum Gasteiger partial charge on any atom is -0.356 e. The van der Waals surface area contributed by atoms with Crippen LogP contribution in [-0.4, -0.2) is 54.1 Å². The summed E-state index contributed by atoms with van der Waals surface area (Å²) in [5.74, 6) is -0.181. The maximum Gasteiger partial charge on any atom is 0.243 e. The van der Waals surface area contributed by atoms with E-state index < -0.39 is 0 Å². The minimum atomic E-state index is -0.0984. The van der Waals surface area contributed by atoms with Crippen molar-refractivity contribution in [1.82, 2.24) is 15.2 Å². The fourth-order valence-electron chi connectivity index (χ4n) is 3.46. The summed E-state index contributed by atoms with van der Waals surface area (Å²) in [7, 11) is 2.08. The van der Waals surface area contributed by atoms with E-state index >= 15 is 0 Å². The number of amides is 2. The van der Waals surface area contributed by atoms with Gasteiger partial charge in [0.1, 0.15) is 0 Å². The molecule has 2 amide bonds. The topological polar surface area (TPSA) is 65.0 Å². The zero-order valence-corrected chi connectivity index (χ0v) is 17.6. The highest BCUT2D eigenvalue weighted by Gasteiger charge is 2.21. The van der Waals surface area contributed by atoms with E-state index in [9.17, 15) is 9.59 Å². The van der Waals surface area contributed by atoms with Gasteiger partial charge < -0.3 is 10.2 Å². The van der Waals surface area contributed by atoms with Crippen LogP contribution >= 0.6 is 0 Å². The SMILES string of the molecule is CN(CCCNC(=O)CCC(=O)N1CCC(c2ccccc2)=N1)Cc1ccccc1. The van der Waals surface area contributed by atoms with Gasteiger partial charge in [-0.3, -0.25) is 9.59 Å². The van der Waals surface area contributed by atoms with Crippen LogP contribution in [0.5, 0.6) is 0 Å². The molecule has 0 unspecified atom stereocenters. The number of hydrogen-bond donors (Lipinski definition) is 1. The highest BCUT2D eigenvalue weighted by Crippen LogP contribution is 2.15. The van der Waals surface area contributed by atoms with Gasteiger partial charge in [0.05, 0.1) is 12.3 Å². The molecule has 2 aromatic carbocycles. The van der Waals surface area contributed by atoms with Gasteiger partial charge in [-0.1, -0.05) is 60.7 Å². The van der Waals surface area contributed by atoms with Gasteiger partial charge in [0.2, 0.25) is 11.8 Å². The Morgan fingerprint density at radius 3 is 2.47 bits per heavy atom. The van der Waals surface area contributed by atoms with E-state index in [1.54, 1.807) is 0 Å². The molecule has 0 saturated heterocycles. The Labute approximate surface area is 178 Å². The smallest absolute Gasteiger partial charge is 0.243 e. The summed E-state index contributed by atoms with van der Waals surface area (Å²) in [5.41, 5.74) is 3.25. The molecule has 0 fully saturated rings. The van der Waals surface area contributed by atoms with Gasteiger partial charge in [0.15, 0.2) is 0 Å². The fourth-order valence-corrected chi connectivity index (χ4v) is 3.46. The van der Waals surface area contributed by atoms with Gasteiger partial charge in [-0.15, -0.1) is 0 Å². The molecule has 3 rings (SSSR count). The van der Waals surface area contributed by atoms with Gasteiger partial charge in [0.25, 0.3) is 0 Å². The lowest BCUT2D eigenvalue weighted by Crippen LogP contribution is -2.30. The molecule has 2 aromatic rings. The second-order valence-corrected chi connectivity index (χ2v) is 7.61. The van der Waals surface area contributed by atoms with Gasteiger partial charge in [-0.2, -0.15) is 5.10 Å². The van der Waals surface area contributed by atoms with Crippen LogP contribution in [0.3, 0.4) is 0 Å². The van der Waals surface area contributed by atoms with E-state index in [1.165, 1.54) is 10.6 Å². The largest absolute Gasteiger partial charge is 0.356 e. The molecule has 0 bridgehead atoms. The van der Waals surface area contributed by atoms with E-state index in [0.29, 0.717) is 13.1 Å². The quantitative estimate of drug-likeness (QED) is 0.617. The molecule has 0 aromatic heterocycles. The van der Waals surface area contributed by atoms with E-state index in [-0.39, 0.29) is 24.7 Å². The maximum absolute atomic E-state index is 12.4. The van der Waals surface area contributed by atoms with Gasteiger partial charge in [0, 0.05) is 32.4 Å². The molecule has 158 valence electrons. The third-order valence-corrected chi connectivity index (χ3v) is 5.10. The predicted octanol–water partition coefficient (Wildman–Crippen LogP) is 3.04. The predicted molar refractivity (Wildman–Crippen MR) is 119 cm³/mol. The fraction of sp³-hybridized carbons (Fsp3) is 0.375. The van der Waals surface area contributed by atoms with Gasteiger partial charge in [-0.05, 0) is 31.1 Å². The van der Waals surface area contributed by atoms with E-state index in [4.69, 9.17) is 0 Å². The Kier molecular flexibility index (Phi) is 8.15. The molecule has 0 spiro atoms. The molecule has 1 heterocycles. The summed E-state index contributed by atoms with van der Waals surface area (Å²) in [6.07, 6.45) is 2.01. The number of nitrogens with zero attached hydrogens (tertiary/aromatic N) is 3. The number of benzene rings is 2. The summed E-state index contributed by atoms with van der Waals surface area (Å²) in [6.45, 7) is 2.99. The first-order valence-electron chi connectivity index (χ1n) is 10.5. The second-order valence-electron chi connectivity index (χ2n) is 7.61. The lowest BCUT2D eigenvalue weighted by molar-refractivity contribution is -0.133. The average molecular weight is 407 g/mol. The van der Waals surface area contributed by atoms with Crippen molar-refractivity contribution in [1.29, 1.82) is 0 Å². The Hall–Kier alpha value is -2.99. The van der Waals surface area contributed by atoms with Crippen LogP contribution in [0.4, 0.5) is 0 Å². The maximum atomic E-state index is 12.4. The third kappa shape index (κ3) is 6.81. The van der Waals surface area contributed by atoms with Crippen molar-refractivity contribution in [3.63, 3.8) is 0 Å². The molecule has 30 heavy (non-hydrogen) atoms. The van der Waals surface area contributed by atoms with Crippen molar-refractivity contribution >= 4 is 17.5 Å². The lowest BCUT2D eigenvalue weighted by atomic mass is 10.1. The molecule has 0 aliphatic carbocycles. The number of hydrazone groups is 1. The molecule has 0 radical (unpaired) electrons. The van der Waals surface area contributed by atoms with Crippen molar-refractivity contribution in [2.24, 2.45) is 5.10 Å². The van der Waals surface area contributed by atoms with Crippen LogP contribution in [0.1, 0.15) is 36.8 Å². The van der Waals surface area contributed by atoms with Crippen molar-refractivity contribution in [3.8, 4) is 0 Å². The Morgan fingerprint density at radius 2 is 1.73 bits per heavy atom. The van der Waals surface area contributed by atoms with Crippen LogP contribution in [0.25, 0.3) is 0 Å². The van der Waals surface area contributed by atoms with Crippen molar-refractivity contribution in [2.45, 2.75) is 32.2 Å². The standard InChI is InChI=1S/C24H30N4O2/c1-27(19-20-9-4-2-5-10-20)17-8-16-25-23(29)13-14-24(30)28-18-15-22(26-28)21-11-6-3-7-12-21/h2-7,9-12H,8,13-19H2,1H3,(H,25,29). The summed E-state index contributed by atoms with van der Waals surface area (Å²) < 4.78 is 0. The number of nitrogens with one attached hydrogen (secondary N) is 1. The number of carbonyl (C=O) groups is 2. The first-order valence-corrected chi connectivity index (χ1v) is 10.5. The van der Waals surface area contributed by atoms with E-state index in [2.05, 4.69) is 34.5 Å². The summed E-state index contributed by atoms with van der Waals surface area (Å²) in [6, 6.07) is 20.2. The Morgan fingerprint density at radius 1 is 1.03 bits per heavy atom. The van der Waals surface area contributed by atoms with Crippen LogP contribution in [0.2, 0.25) is 0 Å².